The van der Waals surface area contributed by atoms with Crippen molar-refractivity contribution in [2.45, 2.75) is 0 Å². The first-order chi connectivity index (χ1) is 7.29. The van der Waals surface area contributed by atoms with Gasteiger partial charge in [0.2, 0.25) is 0 Å². The number of nitrogens with zero attached hydrogens (tertiary/aromatic N) is 4. The van der Waals surface area contributed by atoms with E-state index in [0.717, 1.165) is 0 Å². The van der Waals surface area contributed by atoms with E-state index in [0.29, 0.717) is 17.1 Å². The molecule has 0 unspecified atom stereocenters. The van der Waals surface area contributed by atoms with Gasteiger partial charge in [-0.15, -0.1) is 0 Å². The molecule has 0 amide bonds. The molecule has 1 N–H and O–H groups in total. The highest BCUT2D eigenvalue weighted by Crippen LogP contribution is 2.16. The molecule has 0 spiro atoms. The van der Waals surface area contributed by atoms with Crippen molar-refractivity contribution < 1.29 is 0 Å². The zero-order chi connectivity index (χ0) is 10.7. The van der Waals surface area contributed by atoms with E-state index >= 15 is 0 Å². The number of hydrogen-bond donors (Lipinski definition) is 1. The standard InChI is InChI=1S/C10H9N5/c1-15-5-3-10(14-15)13-9-7-12-4-2-8(9)6-11/h2-5,7H,1H3,(H,13,14). The first-order valence-corrected chi connectivity index (χ1v) is 4.40. The van der Waals surface area contributed by atoms with Crippen LogP contribution in [0.5, 0.6) is 0 Å². The minimum Gasteiger partial charge on any atom is -0.336 e. The highest BCUT2D eigenvalue weighted by molar-refractivity contribution is 5.62. The SMILES string of the molecule is Cn1ccc(Nc2cnccc2C#N)n1. The van der Waals surface area contributed by atoms with Crippen molar-refractivity contribution in [1.82, 2.24) is 14.8 Å². The summed E-state index contributed by atoms with van der Waals surface area (Å²) in [6.07, 6.45) is 5.01. The Hall–Kier alpha value is -2.35. The van der Waals surface area contributed by atoms with Gasteiger partial charge in [-0.3, -0.25) is 9.67 Å². The Morgan fingerprint density at radius 2 is 2.33 bits per heavy atom. The van der Waals surface area contributed by atoms with Crippen LogP contribution >= 0.6 is 0 Å². The molecule has 2 aromatic heterocycles. The number of pyridine rings is 1. The molecule has 0 aromatic carbocycles. The third kappa shape index (κ3) is 1.94. The fraction of sp³-hybridized carbons (Fsp3) is 0.100. The summed E-state index contributed by atoms with van der Waals surface area (Å²) in [7, 11) is 1.83. The number of nitrogens with one attached hydrogen (secondary N) is 1. The molecule has 0 radical (unpaired) electrons. The Kier molecular flexibility index (Phi) is 2.33. The molecular formula is C10H9N5. The van der Waals surface area contributed by atoms with E-state index in [2.05, 4.69) is 21.5 Å². The van der Waals surface area contributed by atoms with Gasteiger partial charge in [0.1, 0.15) is 6.07 Å². The van der Waals surface area contributed by atoms with Crippen molar-refractivity contribution in [1.29, 1.82) is 5.26 Å². The van der Waals surface area contributed by atoms with Crippen LogP contribution in [-0.2, 0) is 7.05 Å². The van der Waals surface area contributed by atoms with Crippen LogP contribution in [0.25, 0.3) is 0 Å². The van der Waals surface area contributed by atoms with Crippen molar-refractivity contribution in [3.63, 3.8) is 0 Å². The van der Waals surface area contributed by atoms with E-state index in [4.69, 9.17) is 5.26 Å². The summed E-state index contributed by atoms with van der Waals surface area (Å²) < 4.78 is 1.69. The first kappa shape index (κ1) is 9.21. The van der Waals surface area contributed by atoms with Crippen LogP contribution in [0.3, 0.4) is 0 Å². The number of rotatable bonds is 2. The van der Waals surface area contributed by atoms with Gasteiger partial charge in [-0.05, 0) is 6.07 Å². The average Bonchev–Trinajstić information content (AvgIpc) is 2.65. The van der Waals surface area contributed by atoms with Crippen LogP contribution in [0.2, 0.25) is 0 Å². The molecule has 0 bridgehead atoms. The van der Waals surface area contributed by atoms with Gasteiger partial charge in [-0.2, -0.15) is 10.4 Å². The zero-order valence-electron chi connectivity index (χ0n) is 8.18. The Bertz CT molecular complexity index is 509. The van der Waals surface area contributed by atoms with Crippen LogP contribution in [0.15, 0.2) is 30.7 Å². The molecule has 2 heterocycles. The second kappa shape index (κ2) is 3.80. The third-order valence-electron chi connectivity index (χ3n) is 1.92. The monoisotopic (exact) mass is 199 g/mol. The maximum Gasteiger partial charge on any atom is 0.152 e. The van der Waals surface area contributed by atoms with Gasteiger partial charge < -0.3 is 5.32 Å². The number of anilines is 2. The molecule has 0 aliphatic carbocycles. The summed E-state index contributed by atoms with van der Waals surface area (Å²) in [4.78, 5) is 3.95. The lowest BCUT2D eigenvalue weighted by molar-refractivity contribution is 0.771. The number of nitriles is 1. The van der Waals surface area contributed by atoms with Crippen LogP contribution < -0.4 is 5.32 Å². The predicted molar refractivity (Wildman–Crippen MR) is 55.4 cm³/mol. The quantitative estimate of drug-likeness (QED) is 0.794. The van der Waals surface area contributed by atoms with Crippen LogP contribution in [0.1, 0.15) is 5.56 Å². The Labute approximate surface area is 87.0 Å². The van der Waals surface area contributed by atoms with Crippen molar-refractivity contribution in [3.8, 4) is 6.07 Å². The molecule has 0 aliphatic rings. The van der Waals surface area contributed by atoms with E-state index in [9.17, 15) is 0 Å². The lowest BCUT2D eigenvalue weighted by Crippen LogP contribution is -1.96. The maximum atomic E-state index is 8.86. The van der Waals surface area contributed by atoms with Gasteiger partial charge in [0.25, 0.3) is 0 Å². The fourth-order valence-electron chi connectivity index (χ4n) is 1.21. The lowest BCUT2D eigenvalue weighted by Gasteiger charge is -2.03. The van der Waals surface area contributed by atoms with Gasteiger partial charge in [0.15, 0.2) is 5.82 Å². The summed E-state index contributed by atoms with van der Waals surface area (Å²) in [5.41, 5.74) is 1.22. The Morgan fingerprint density at radius 3 is 3.00 bits per heavy atom. The Morgan fingerprint density at radius 1 is 1.47 bits per heavy atom. The summed E-state index contributed by atoms with van der Waals surface area (Å²) in [6, 6.07) is 5.57. The lowest BCUT2D eigenvalue weighted by atomic mass is 10.2. The molecule has 0 aliphatic heterocycles. The van der Waals surface area contributed by atoms with Crippen molar-refractivity contribution in [2.75, 3.05) is 5.32 Å². The molecular weight excluding hydrogens is 190 g/mol. The van der Waals surface area contributed by atoms with Crippen molar-refractivity contribution in [2.24, 2.45) is 7.05 Å². The predicted octanol–water partition coefficient (Wildman–Crippen LogP) is 1.43. The Balaban J connectivity index is 2.28. The molecule has 2 aromatic rings. The van der Waals surface area contributed by atoms with E-state index < -0.39 is 0 Å². The summed E-state index contributed by atoms with van der Waals surface area (Å²) >= 11 is 0. The third-order valence-corrected chi connectivity index (χ3v) is 1.92. The average molecular weight is 199 g/mol. The van der Waals surface area contributed by atoms with Gasteiger partial charge in [0.05, 0.1) is 17.4 Å². The second-order valence-electron chi connectivity index (χ2n) is 3.03. The van der Waals surface area contributed by atoms with E-state index in [1.807, 2.05) is 19.3 Å². The molecule has 5 nitrogen and oxygen atoms in total. The molecule has 0 saturated carbocycles. The number of hydrogen-bond acceptors (Lipinski definition) is 4. The number of aromatic nitrogens is 3. The van der Waals surface area contributed by atoms with Crippen LogP contribution in [-0.4, -0.2) is 14.8 Å². The molecule has 15 heavy (non-hydrogen) atoms. The minimum atomic E-state index is 0.552. The van der Waals surface area contributed by atoms with Crippen molar-refractivity contribution >= 4 is 11.5 Å². The highest BCUT2D eigenvalue weighted by Gasteiger charge is 2.02. The molecule has 74 valence electrons. The molecule has 0 saturated heterocycles. The summed E-state index contributed by atoms with van der Waals surface area (Å²) in [6.45, 7) is 0. The van der Waals surface area contributed by atoms with E-state index in [1.165, 1.54) is 0 Å². The number of aryl methyl sites for hydroxylation is 1. The smallest absolute Gasteiger partial charge is 0.152 e. The summed E-state index contributed by atoms with van der Waals surface area (Å²) in [5.74, 6) is 0.696. The zero-order valence-corrected chi connectivity index (χ0v) is 8.18. The normalized spacial score (nSPS) is 9.60. The van der Waals surface area contributed by atoms with Crippen molar-refractivity contribution in [3.05, 3.63) is 36.3 Å². The van der Waals surface area contributed by atoms with Gasteiger partial charge in [-0.25, -0.2) is 0 Å². The van der Waals surface area contributed by atoms with E-state index in [-0.39, 0.29) is 0 Å². The van der Waals surface area contributed by atoms with Gasteiger partial charge >= 0.3 is 0 Å². The second-order valence-corrected chi connectivity index (χ2v) is 3.03. The topological polar surface area (TPSA) is 66.5 Å². The fourth-order valence-corrected chi connectivity index (χ4v) is 1.21. The molecule has 0 atom stereocenters. The largest absolute Gasteiger partial charge is 0.336 e. The van der Waals surface area contributed by atoms with Crippen LogP contribution in [0.4, 0.5) is 11.5 Å². The van der Waals surface area contributed by atoms with E-state index in [1.54, 1.807) is 23.1 Å². The maximum absolute atomic E-state index is 8.86. The van der Waals surface area contributed by atoms with Crippen LogP contribution in [0, 0.1) is 11.3 Å². The summed E-state index contributed by atoms with van der Waals surface area (Å²) in [5, 5.41) is 16.0. The highest BCUT2D eigenvalue weighted by atomic mass is 15.3. The molecule has 5 heteroatoms. The molecule has 2 rings (SSSR count). The molecule has 0 fully saturated rings. The minimum absolute atomic E-state index is 0.552. The van der Waals surface area contributed by atoms with Gasteiger partial charge in [-0.1, -0.05) is 0 Å². The van der Waals surface area contributed by atoms with Gasteiger partial charge in [0, 0.05) is 25.5 Å². The first-order valence-electron chi connectivity index (χ1n) is 4.40.